The maximum atomic E-state index is 13.3. The van der Waals surface area contributed by atoms with Crippen LogP contribution in [-0.2, 0) is 6.42 Å². The van der Waals surface area contributed by atoms with Gasteiger partial charge in [0.25, 0.3) is 5.91 Å². The molecule has 0 N–H and O–H groups in total. The number of piperidine rings is 1. The number of aromatic nitrogens is 3. The predicted molar refractivity (Wildman–Crippen MR) is 130 cm³/mol. The Labute approximate surface area is 202 Å². The number of amides is 1. The molecular formula is C26H26N4O3S. The van der Waals surface area contributed by atoms with Crippen molar-refractivity contribution < 1.29 is 13.9 Å². The average Bonchev–Trinajstić information content (AvgIpc) is 3.53. The number of carbonyl (C=O) groups is 1. The van der Waals surface area contributed by atoms with Crippen LogP contribution in [-0.4, -0.2) is 46.0 Å². The monoisotopic (exact) mass is 474 g/mol. The number of methoxy groups -OCH3 is 1. The lowest BCUT2D eigenvalue weighted by Crippen LogP contribution is -2.39. The number of pyridine rings is 1. The standard InChI is InChI=1S/C26H26N4O3S/c1-17-24(34-16-29-17)23-13-19(9-10-27-23)26(31)30-11-3-4-20(15-30)25-28-14-22(33-25)12-18-5-7-21(32-2)8-6-18/h5-10,13-14,16,20H,3-4,11-12,15H2,1-2H3/t20-/m0/s1. The number of nitrogens with zero attached hydrogens (tertiary/aromatic N) is 4. The van der Waals surface area contributed by atoms with Crippen molar-refractivity contribution >= 4 is 17.2 Å². The Kier molecular flexibility index (Phi) is 6.40. The van der Waals surface area contributed by atoms with Gasteiger partial charge in [0, 0.05) is 31.3 Å². The minimum atomic E-state index is 0.0144. The molecule has 1 aliphatic heterocycles. The van der Waals surface area contributed by atoms with Crippen LogP contribution in [0.25, 0.3) is 10.6 Å². The molecule has 0 saturated carbocycles. The van der Waals surface area contributed by atoms with Gasteiger partial charge in [0.2, 0.25) is 0 Å². The smallest absolute Gasteiger partial charge is 0.254 e. The van der Waals surface area contributed by atoms with Gasteiger partial charge < -0.3 is 14.1 Å². The normalized spacial score (nSPS) is 15.9. The van der Waals surface area contributed by atoms with Crippen LogP contribution < -0.4 is 4.74 Å². The first-order valence-corrected chi connectivity index (χ1v) is 12.2. The first kappa shape index (κ1) is 22.3. The van der Waals surface area contributed by atoms with Crippen molar-refractivity contribution in [2.75, 3.05) is 20.2 Å². The number of carbonyl (C=O) groups excluding carboxylic acids is 1. The molecule has 1 aliphatic rings. The van der Waals surface area contributed by atoms with Crippen molar-refractivity contribution in [3.8, 4) is 16.3 Å². The molecule has 1 atom stereocenters. The van der Waals surface area contributed by atoms with Crippen LogP contribution in [0.1, 0.15) is 52.0 Å². The topological polar surface area (TPSA) is 81.4 Å². The summed E-state index contributed by atoms with van der Waals surface area (Å²) < 4.78 is 11.3. The second-order valence-electron chi connectivity index (χ2n) is 8.48. The largest absolute Gasteiger partial charge is 0.497 e. The molecule has 8 heteroatoms. The first-order chi connectivity index (χ1) is 16.6. The first-order valence-electron chi connectivity index (χ1n) is 11.3. The van der Waals surface area contributed by atoms with E-state index in [2.05, 4.69) is 15.0 Å². The zero-order valence-corrected chi connectivity index (χ0v) is 20.0. The van der Waals surface area contributed by atoms with Crippen molar-refractivity contribution in [2.24, 2.45) is 0 Å². The molecule has 4 heterocycles. The van der Waals surface area contributed by atoms with Gasteiger partial charge >= 0.3 is 0 Å². The lowest BCUT2D eigenvalue weighted by atomic mass is 9.97. The highest BCUT2D eigenvalue weighted by Crippen LogP contribution is 2.30. The highest BCUT2D eigenvalue weighted by Gasteiger charge is 2.28. The summed E-state index contributed by atoms with van der Waals surface area (Å²) in [5, 5.41) is 0. The highest BCUT2D eigenvalue weighted by molar-refractivity contribution is 7.13. The van der Waals surface area contributed by atoms with Crippen LogP contribution in [0.5, 0.6) is 5.75 Å². The van der Waals surface area contributed by atoms with Gasteiger partial charge in [0.05, 0.1) is 41.0 Å². The van der Waals surface area contributed by atoms with E-state index in [4.69, 9.17) is 9.15 Å². The summed E-state index contributed by atoms with van der Waals surface area (Å²) in [6, 6.07) is 11.6. The Morgan fingerprint density at radius 3 is 2.82 bits per heavy atom. The van der Waals surface area contributed by atoms with E-state index >= 15 is 0 Å². The summed E-state index contributed by atoms with van der Waals surface area (Å²) in [7, 11) is 1.66. The highest BCUT2D eigenvalue weighted by atomic mass is 32.1. The molecule has 0 unspecified atom stereocenters. The molecule has 1 aromatic carbocycles. The maximum Gasteiger partial charge on any atom is 0.254 e. The van der Waals surface area contributed by atoms with Crippen LogP contribution in [0.4, 0.5) is 0 Å². The third-order valence-corrected chi connectivity index (χ3v) is 7.10. The van der Waals surface area contributed by atoms with E-state index in [-0.39, 0.29) is 11.8 Å². The van der Waals surface area contributed by atoms with E-state index in [0.717, 1.165) is 52.7 Å². The van der Waals surface area contributed by atoms with E-state index in [1.807, 2.05) is 42.2 Å². The molecule has 4 aromatic rings. The number of rotatable bonds is 6. The average molecular weight is 475 g/mol. The van der Waals surface area contributed by atoms with Crippen LogP contribution >= 0.6 is 11.3 Å². The number of aryl methyl sites for hydroxylation is 1. The Morgan fingerprint density at radius 1 is 1.21 bits per heavy atom. The van der Waals surface area contributed by atoms with Crippen LogP contribution in [0.3, 0.4) is 0 Å². The van der Waals surface area contributed by atoms with Gasteiger partial charge in [0.15, 0.2) is 5.89 Å². The third kappa shape index (κ3) is 4.72. The summed E-state index contributed by atoms with van der Waals surface area (Å²) in [4.78, 5) is 29.5. The Balaban J connectivity index is 1.27. The van der Waals surface area contributed by atoms with Crippen molar-refractivity contribution in [3.63, 3.8) is 0 Å². The Hall–Kier alpha value is -3.52. The molecule has 0 aliphatic carbocycles. The van der Waals surface area contributed by atoms with Crippen molar-refractivity contribution in [2.45, 2.75) is 32.1 Å². The second kappa shape index (κ2) is 9.77. The fraction of sp³-hybridized carbons (Fsp3) is 0.308. The molecule has 34 heavy (non-hydrogen) atoms. The Bertz CT molecular complexity index is 1280. The van der Waals surface area contributed by atoms with Gasteiger partial charge in [-0.1, -0.05) is 12.1 Å². The quantitative estimate of drug-likeness (QED) is 0.386. The van der Waals surface area contributed by atoms with Gasteiger partial charge in [-0.05, 0) is 49.6 Å². The van der Waals surface area contributed by atoms with Gasteiger partial charge in [0.1, 0.15) is 11.5 Å². The fourth-order valence-electron chi connectivity index (χ4n) is 4.32. The molecule has 174 valence electrons. The number of oxazole rings is 1. The zero-order valence-electron chi connectivity index (χ0n) is 19.2. The maximum absolute atomic E-state index is 13.3. The lowest BCUT2D eigenvalue weighted by molar-refractivity contribution is 0.0698. The molecular weight excluding hydrogens is 448 g/mol. The number of hydrogen-bond acceptors (Lipinski definition) is 7. The van der Waals surface area contributed by atoms with Crippen LogP contribution in [0.15, 0.2) is 58.7 Å². The summed E-state index contributed by atoms with van der Waals surface area (Å²) in [6.45, 7) is 3.28. The second-order valence-corrected chi connectivity index (χ2v) is 9.33. The van der Waals surface area contributed by atoms with Gasteiger partial charge in [-0.15, -0.1) is 11.3 Å². The van der Waals surface area contributed by atoms with E-state index in [9.17, 15) is 4.79 Å². The van der Waals surface area contributed by atoms with Gasteiger partial charge in [-0.3, -0.25) is 9.78 Å². The number of likely N-dealkylation sites (tertiary alicyclic amines) is 1. The number of ether oxygens (including phenoxy) is 1. The SMILES string of the molecule is COc1ccc(Cc2cnc([C@H]3CCCN(C(=O)c4ccnc(-c5scnc5C)c4)C3)o2)cc1. The zero-order chi connectivity index (χ0) is 23.5. The minimum absolute atomic E-state index is 0.0144. The van der Waals surface area contributed by atoms with Crippen molar-refractivity contribution in [1.29, 1.82) is 0 Å². The van der Waals surface area contributed by atoms with E-state index < -0.39 is 0 Å². The molecule has 1 saturated heterocycles. The molecule has 5 rings (SSSR count). The van der Waals surface area contributed by atoms with E-state index in [1.165, 1.54) is 11.3 Å². The molecule has 7 nitrogen and oxygen atoms in total. The number of thiazole rings is 1. The number of hydrogen-bond donors (Lipinski definition) is 0. The third-order valence-electron chi connectivity index (χ3n) is 6.15. The van der Waals surface area contributed by atoms with Crippen LogP contribution in [0, 0.1) is 6.92 Å². The molecule has 3 aromatic heterocycles. The lowest BCUT2D eigenvalue weighted by Gasteiger charge is -2.31. The molecule has 0 bridgehead atoms. The van der Waals surface area contributed by atoms with Gasteiger partial charge in [-0.25, -0.2) is 9.97 Å². The molecule has 0 spiro atoms. The summed E-state index contributed by atoms with van der Waals surface area (Å²) >= 11 is 1.54. The van der Waals surface area contributed by atoms with E-state index in [0.29, 0.717) is 24.4 Å². The molecule has 1 amide bonds. The van der Waals surface area contributed by atoms with Crippen LogP contribution in [0.2, 0.25) is 0 Å². The fourth-order valence-corrected chi connectivity index (χ4v) is 5.09. The summed E-state index contributed by atoms with van der Waals surface area (Å²) in [5.41, 5.74) is 5.29. The minimum Gasteiger partial charge on any atom is -0.497 e. The van der Waals surface area contributed by atoms with Crippen molar-refractivity contribution in [3.05, 3.63) is 82.8 Å². The summed E-state index contributed by atoms with van der Waals surface area (Å²) in [6.07, 6.45) is 6.03. The molecule has 1 fully saturated rings. The predicted octanol–water partition coefficient (Wildman–Crippen LogP) is 5.12. The number of benzene rings is 1. The van der Waals surface area contributed by atoms with E-state index in [1.54, 1.807) is 31.1 Å². The van der Waals surface area contributed by atoms with Gasteiger partial charge in [-0.2, -0.15) is 0 Å². The Morgan fingerprint density at radius 2 is 2.06 bits per heavy atom. The molecule has 0 radical (unpaired) electrons. The van der Waals surface area contributed by atoms with Crippen molar-refractivity contribution in [1.82, 2.24) is 19.9 Å². The summed E-state index contributed by atoms with van der Waals surface area (Å²) in [5.74, 6) is 2.46.